The van der Waals surface area contributed by atoms with Crippen LogP contribution in [0.2, 0.25) is 0 Å². The van der Waals surface area contributed by atoms with Gasteiger partial charge in [0.1, 0.15) is 11.6 Å². The zero-order valence-electron chi connectivity index (χ0n) is 15.1. The Morgan fingerprint density at radius 2 is 1.96 bits per heavy atom. The van der Waals surface area contributed by atoms with Crippen molar-refractivity contribution in [2.24, 2.45) is 5.92 Å². The first-order valence-corrected chi connectivity index (χ1v) is 10.1. The van der Waals surface area contributed by atoms with Crippen LogP contribution in [0.5, 0.6) is 0 Å². The number of aromatic nitrogens is 2. The van der Waals surface area contributed by atoms with Gasteiger partial charge in [-0.3, -0.25) is 4.98 Å². The highest BCUT2D eigenvalue weighted by molar-refractivity contribution is 7.89. The second kappa shape index (κ2) is 8.24. The molecule has 1 saturated heterocycles. The number of benzene rings is 2. The van der Waals surface area contributed by atoms with Gasteiger partial charge in [-0.05, 0) is 29.8 Å². The summed E-state index contributed by atoms with van der Waals surface area (Å²) in [4.78, 5) is 8.71. The molecule has 1 aromatic heterocycles. The third-order valence-electron chi connectivity index (χ3n) is 4.68. The van der Waals surface area contributed by atoms with Crippen LogP contribution in [0.25, 0.3) is 22.4 Å². The van der Waals surface area contributed by atoms with Gasteiger partial charge in [0.15, 0.2) is 4.90 Å². The van der Waals surface area contributed by atoms with Crippen LogP contribution < -0.4 is 15.8 Å². The molecule has 1 aliphatic heterocycles. The molecule has 0 spiro atoms. The molecule has 3 aromatic rings. The molecule has 0 saturated carbocycles. The Morgan fingerprint density at radius 1 is 1.14 bits per heavy atom. The van der Waals surface area contributed by atoms with E-state index in [9.17, 15) is 8.94 Å². The van der Waals surface area contributed by atoms with Gasteiger partial charge < -0.3 is 15.6 Å². The molecular formula is C20H20FN5OS. The molecule has 2 heterocycles. The van der Waals surface area contributed by atoms with E-state index in [0.717, 1.165) is 18.7 Å². The maximum absolute atomic E-state index is 14.8. The Hall–Kier alpha value is -2.52. The Kier molecular flexibility index (Phi) is 5.54. The van der Waals surface area contributed by atoms with Gasteiger partial charge in [0.05, 0.1) is 29.4 Å². The second-order valence-electron chi connectivity index (χ2n) is 6.66. The molecule has 0 amide bonds. The van der Waals surface area contributed by atoms with Crippen LogP contribution in [-0.2, 0) is 11.4 Å². The third kappa shape index (κ3) is 4.00. The first kappa shape index (κ1) is 18.8. The van der Waals surface area contributed by atoms with Crippen LogP contribution in [0.1, 0.15) is 0 Å². The Labute approximate surface area is 165 Å². The number of nitrogen functional groups attached to an aromatic ring is 1. The van der Waals surface area contributed by atoms with Gasteiger partial charge in [-0.1, -0.05) is 18.2 Å². The number of nitrogens with one attached hydrogen (secondary N) is 2. The minimum absolute atomic E-state index is 0.280. The van der Waals surface area contributed by atoms with E-state index in [2.05, 4.69) is 20.0 Å². The molecule has 1 unspecified atom stereocenters. The Morgan fingerprint density at radius 3 is 2.64 bits per heavy atom. The van der Waals surface area contributed by atoms with Crippen LogP contribution >= 0.6 is 0 Å². The van der Waals surface area contributed by atoms with Gasteiger partial charge in [-0.15, -0.1) is 4.72 Å². The summed E-state index contributed by atoms with van der Waals surface area (Å²) in [6.07, 6.45) is 2.83. The lowest BCUT2D eigenvalue weighted by atomic mass is 10.0. The monoisotopic (exact) mass is 397 g/mol. The molecule has 1 fully saturated rings. The third-order valence-corrected chi connectivity index (χ3v) is 5.87. The summed E-state index contributed by atoms with van der Waals surface area (Å²) >= 11 is -1.37. The number of anilines is 1. The van der Waals surface area contributed by atoms with Gasteiger partial charge in [0, 0.05) is 36.7 Å². The lowest BCUT2D eigenvalue weighted by Gasteiger charge is -2.27. The van der Waals surface area contributed by atoms with E-state index < -0.39 is 17.2 Å². The van der Waals surface area contributed by atoms with Crippen molar-refractivity contribution in [1.82, 2.24) is 20.0 Å². The molecular weight excluding hydrogens is 377 g/mol. The van der Waals surface area contributed by atoms with Gasteiger partial charge in [0.25, 0.3) is 0 Å². The van der Waals surface area contributed by atoms with Gasteiger partial charge in [-0.2, -0.15) is 0 Å². The normalized spacial score (nSPS) is 15.2. The van der Waals surface area contributed by atoms with E-state index in [1.807, 2.05) is 18.2 Å². The van der Waals surface area contributed by atoms with E-state index in [0.29, 0.717) is 34.2 Å². The smallest absolute Gasteiger partial charge is 0.181 e. The summed E-state index contributed by atoms with van der Waals surface area (Å²) in [6, 6.07) is 12.2. The molecule has 6 nitrogen and oxygen atoms in total. The Bertz CT molecular complexity index is 965. The first-order chi connectivity index (χ1) is 13.6. The van der Waals surface area contributed by atoms with Crippen molar-refractivity contribution in [3.05, 3.63) is 60.7 Å². The van der Waals surface area contributed by atoms with Crippen molar-refractivity contribution >= 4 is 17.2 Å². The van der Waals surface area contributed by atoms with Gasteiger partial charge >= 0.3 is 0 Å². The highest BCUT2D eigenvalue weighted by atomic mass is 32.2. The standard InChI is InChI=1S/C20H20FN5OS/c21-17-7-14(5-6-16(17)18-11-25-20(22)12-24-18)15-3-1-2-4-19(15)28(27)26-10-13-8-23-9-13/h1-7,11-13,23,26H,8-10H2,(H2,22,25). The van der Waals surface area contributed by atoms with Crippen LogP contribution in [0.15, 0.2) is 59.8 Å². The summed E-state index contributed by atoms with van der Waals surface area (Å²) in [7, 11) is 0. The van der Waals surface area contributed by atoms with Crippen molar-refractivity contribution in [3.63, 3.8) is 0 Å². The minimum Gasteiger partial charge on any atom is -0.593 e. The number of rotatable bonds is 6. The van der Waals surface area contributed by atoms with Crippen LogP contribution in [0, 0.1) is 11.7 Å². The van der Waals surface area contributed by atoms with E-state index in [1.54, 1.807) is 18.2 Å². The minimum atomic E-state index is -1.37. The van der Waals surface area contributed by atoms with E-state index in [1.165, 1.54) is 18.5 Å². The molecule has 8 heteroatoms. The van der Waals surface area contributed by atoms with Crippen molar-refractivity contribution in [2.45, 2.75) is 4.90 Å². The number of hydrogen-bond donors (Lipinski definition) is 3. The summed E-state index contributed by atoms with van der Waals surface area (Å²) in [5.74, 6) is 0.349. The SMILES string of the molecule is Nc1cnc(-c2ccc(-c3ccccc3[S+]([O-])NCC3CNC3)cc2F)cn1. The number of halogens is 1. The fourth-order valence-corrected chi connectivity index (χ4v) is 4.13. The van der Waals surface area contributed by atoms with E-state index in [-0.39, 0.29) is 5.82 Å². The summed E-state index contributed by atoms with van der Waals surface area (Å²) in [5.41, 5.74) is 7.67. The van der Waals surface area contributed by atoms with Crippen molar-refractivity contribution in [3.8, 4) is 22.4 Å². The van der Waals surface area contributed by atoms with Crippen molar-refractivity contribution < 1.29 is 8.94 Å². The van der Waals surface area contributed by atoms with Crippen molar-refractivity contribution in [1.29, 1.82) is 0 Å². The lowest BCUT2D eigenvalue weighted by molar-refractivity contribution is 0.347. The van der Waals surface area contributed by atoms with Crippen LogP contribution in [0.3, 0.4) is 0 Å². The molecule has 28 heavy (non-hydrogen) atoms. The molecule has 0 aliphatic carbocycles. The van der Waals surface area contributed by atoms with E-state index >= 15 is 0 Å². The maximum atomic E-state index is 14.8. The zero-order chi connectivity index (χ0) is 19.5. The predicted octanol–water partition coefficient (Wildman–Crippen LogP) is 2.36. The quantitative estimate of drug-likeness (QED) is 0.553. The average Bonchev–Trinajstić information content (AvgIpc) is 2.67. The van der Waals surface area contributed by atoms with Crippen LogP contribution in [-0.4, -0.2) is 34.2 Å². The molecule has 4 N–H and O–H groups in total. The maximum Gasteiger partial charge on any atom is 0.181 e. The molecule has 0 radical (unpaired) electrons. The molecule has 2 aromatic carbocycles. The van der Waals surface area contributed by atoms with Crippen LogP contribution in [0.4, 0.5) is 10.2 Å². The zero-order valence-corrected chi connectivity index (χ0v) is 15.9. The Balaban J connectivity index is 1.60. The fraction of sp³-hybridized carbons (Fsp3) is 0.200. The molecule has 1 atom stereocenters. The van der Waals surface area contributed by atoms with Crippen molar-refractivity contribution in [2.75, 3.05) is 25.4 Å². The lowest BCUT2D eigenvalue weighted by Crippen LogP contribution is -2.48. The predicted molar refractivity (Wildman–Crippen MR) is 108 cm³/mol. The molecule has 0 bridgehead atoms. The summed E-state index contributed by atoms with van der Waals surface area (Å²) in [6.45, 7) is 2.55. The first-order valence-electron chi connectivity index (χ1n) is 8.94. The average molecular weight is 397 g/mol. The largest absolute Gasteiger partial charge is 0.593 e. The van der Waals surface area contributed by atoms with Gasteiger partial charge in [0.2, 0.25) is 0 Å². The molecule has 4 rings (SSSR count). The molecule has 1 aliphatic rings. The molecule has 144 valence electrons. The van der Waals surface area contributed by atoms with Gasteiger partial charge in [-0.25, -0.2) is 9.37 Å². The number of hydrogen-bond acceptors (Lipinski definition) is 6. The number of nitrogens with two attached hydrogens (primary N) is 1. The highest BCUT2D eigenvalue weighted by Crippen LogP contribution is 2.31. The fourth-order valence-electron chi connectivity index (χ4n) is 3.00. The second-order valence-corrected chi connectivity index (χ2v) is 7.92. The summed E-state index contributed by atoms with van der Waals surface area (Å²) < 4.78 is 30.6. The van der Waals surface area contributed by atoms with E-state index in [4.69, 9.17) is 5.73 Å². The topological polar surface area (TPSA) is 98.9 Å². The highest BCUT2D eigenvalue weighted by Gasteiger charge is 2.22. The summed E-state index contributed by atoms with van der Waals surface area (Å²) in [5, 5.41) is 3.19. The number of nitrogens with zero attached hydrogens (tertiary/aromatic N) is 2.